The maximum Gasteiger partial charge on any atom is 0.340 e. The number of rotatable bonds is 3. The summed E-state index contributed by atoms with van der Waals surface area (Å²) in [5.74, 6) is 0.237. The number of carboxylic acids is 1. The van der Waals surface area contributed by atoms with E-state index in [9.17, 15) is 9.90 Å². The molecule has 0 saturated heterocycles. The Morgan fingerprint density at radius 2 is 2.20 bits per heavy atom. The predicted molar refractivity (Wildman–Crippen MR) is 74.2 cm³/mol. The zero-order chi connectivity index (χ0) is 14.3. The molecule has 0 amide bonds. The summed E-state index contributed by atoms with van der Waals surface area (Å²) in [6.45, 7) is 2.07. The minimum atomic E-state index is -1.31. The van der Waals surface area contributed by atoms with Crippen molar-refractivity contribution in [1.29, 1.82) is 0 Å². The molecule has 1 heterocycles. The number of hydrogen-bond acceptors (Lipinski definition) is 3. The van der Waals surface area contributed by atoms with E-state index in [1.807, 2.05) is 6.07 Å². The fraction of sp³-hybridized carbons (Fsp3) is 0.562. The van der Waals surface area contributed by atoms with E-state index in [4.69, 9.17) is 9.47 Å². The van der Waals surface area contributed by atoms with Gasteiger partial charge in [0.15, 0.2) is 5.60 Å². The van der Waals surface area contributed by atoms with Crippen LogP contribution in [0.5, 0.6) is 5.75 Å². The van der Waals surface area contributed by atoms with Gasteiger partial charge in [-0.2, -0.15) is 0 Å². The highest BCUT2D eigenvalue weighted by Gasteiger charge is 2.44. The maximum atomic E-state index is 11.7. The molecule has 0 spiro atoms. The van der Waals surface area contributed by atoms with Gasteiger partial charge < -0.3 is 14.6 Å². The summed E-state index contributed by atoms with van der Waals surface area (Å²) in [6.07, 6.45) is 4.42. The van der Waals surface area contributed by atoms with E-state index in [0.29, 0.717) is 23.8 Å². The van der Waals surface area contributed by atoms with Gasteiger partial charge >= 0.3 is 5.97 Å². The van der Waals surface area contributed by atoms with Crippen LogP contribution in [-0.2, 0) is 21.6 Å². The molecule has 1 aromatic rings. The first-order valence-corrected chi connectivity index (χ1v) is 7.15. The maximum absolute atomic E-state index is 11.7. The van der Waals surface area contributed by atoms with Crippen LogP contribution in [0.1, 0.15) is 48.8 Å². The Labute approximate surface area is 118 Å². The Kier molecular flexibility index (Phi) is 3.21. The van der Waals surface area contributed by atoms with E-state index in [-0.39, 0.29) is 0 Å². The van der Waals surface area contributed by atoms with Crippen LogP contribution in [0, 0.1) is 0 Å². The van der Waals surface area contributed by atoms with Crippen molar-refractivity contribution >= 4 is 5.97 Å². The molecular formula is C16H20O4. The van der Waals surface area contributed by atoms with Crippen LogP contribution in [0.25, 0.3) is 0 Å². The molecule has 108 valence electrons. The number of aliphatic carboxylic acids is 1. The number of hydrogen-bond donors (Lipinski definition) is 1. The standard InChI is InChI=1S/C16H20O4/c1-16(15(17)18)14-12(8-9-20-16)11(10-4-3-5-10)6-7-13(14)19-2/h6-7,10H,3-5,8-9H2,1-2H3,(H,17,18). The van der Waals surface area contributed by atoms with E-state index >= 15 is 0 Å². The molecule has 1 N–H and O–H groups in total. The van der Waals surface area contributed by atoms with Gasteiger partial charge in [0.1, 0.15) is 5.75 Å². The van der Waals surface area contributed by atoms with Gasteiger partial charge in [0.2, 0.25) is 0 Å². The van der Waals surface area contributed by atoms with Crippen molar-refractivity contribution in [2.24, 2.45) is 0 Å². The average molecular weight is 276 g/mol. The van der Waals surface area contributed by atoms with E-state index in [0.717, 1.165) is 12.0 Å². The minimum absolute atomic E-state index is 0.447. The third-order valence-electron chi connectivity index (χ3n) is 4.70. The van der Waals surface area contributed by atoms with E-state index in [1.54, 1.807) is 14.0 Å². The highest BCUT2D eigenvalue weighted by atomic mass is 16.5. The van der Waals surface area contributed by atoms with Crippen molar-refractivity contribution in [2.75, 3.05) is 13.7 Å². The topological polar surface area (TPSA) is 55.8 Å². The quantitative estimate of drug-likeness (QED) is 0.922. The van der Waals surface area contributed by atoms with Gasteiger partial charge in [-0.25, -0.2) is 4.79 Å². The summed E-state index contributed by atoms with van der Waals surface area (Å²) >= 11 is 0. The van der Waals surface area contributed by atoms with Gasteiger partial charge in [-0.15, -0.1) is 0 Å². The molecule has 4 heteroatoms. The minimum Gasteiger partial charge on any atom is -0.496 e. The summed E-state index contributed by atoms with van der Waals surface area (Å²) in [5.41, 5.74) is 1.83. The fourth-order valence-corrected chi connectivity index (χ4v) is 3.30. The summed E-state index contributed by atoms with van der Waals surface area (Å²) < 4.78 is 11.0. The summed E-state index contributed by atoms with van der Waals surface area (Å²) in [7, 11) is 1.58. The van der Waals surface area contributed by atoms with E-state index in [2.05, 4.69) is 6.07 Å². The van der Waals surface area contributed by atoms with Crippen molar-refractivity contribution < 1.29 is 19.4 Å². The smallest absolute Gasteiger partial charge is 0.340 e. The fourth-order valence-electron chi connectivity index (χ4n) is 3.30. The molecule has 1 saturated carbocycles. The molecule has 2 aliphatic rings. The summed E-state index contributed by atoms with van der Waals surface area (Å²) in [6, 6.07) is 4.00. The molecule has 0 aromatic heterocycles. The van der Waals surface area contributed by atoms with Crippen LogP contribution in [0.4, 0.5) is 0 Å². The predicted octanol–water partition coefficient (Wildman–Crippen LogP) is 2.84. The van der Waals surface area contributed by atoms with Crippen LogP contribution in [-0.4, -0.2) is 24.8 Å². The number of fused-ring (bicyclic) bond motifs is 1. The molecule has 1 aliphatic heterocycles. The van der Waals surface area contributed by atoms with Crippen LogP contribution in [0.15, 0.2) is 12.1 Å². The summed E-state index contributed by atoms with van der Waals surface area (Å²) in [4.78, 5) is 11.7. The van der Waals surface area contributed by atoms with Gasteiger partial charge in [0.25, 0.3) is 0 Å². The molecular weight excluding hydrogens is 256 g/mol. The largest absolute Gasteiger partial charge is 0.496 e. The molecule has 1 aromatic carbocycles. The lowest BCUT2D eigenvalue weighted by Gasteiger charge is -2.37. The van der Waals surface area contributed by atoms with E-state index < -0.39 is 11.6 Å². The second-order valence-corrected chi connectivity index (χ2v) is 5.78. The Bertz CT molecular complexity index is 548. The lowest BCUT2D eigenvalue weighted by molar-refractivity contribution is -0.167. The molecule has 0 bridgehead atoms. The first kappa shape index (κ1) is 13.4. The van der Waals surface area contributed by atoms with Crippen LogP contribution < -0.4 is 4.74 Å². The SMILES string of the molecule is COc1ccc(C2CCC2)c2c1C(C)(C(=O)O)OCC2. The molecule has 20 heavy (non-hydrogen) atoms. The van der Waals surface area contributed by atoms with Gasteiger partial charge in [-0.1, -0.05) is 12.5 Å². The Morgan fingerprint density at radius 3 is 2.75 bits per heavy atom. The Balaban J connectivity index is 2.19. The molecule has 0 radical (unpaired) electrons. The number of benzene rings is 1. The van der Waals surface area contributed by atoms with Gasteiger partial charge in [0, 0.05) is 5.56 Å². The van der Waals surface area contributed by atoms with Crippen molar-refractivity contribution in [3.8, 4) is 5.75 Å². The monoisotopic (exact) mass is 276 g/mol. The highest BCUT2D eigenvalue weighted by Crippen LogP contribution is 2.46. The van der Waals surface area contributed by atoms with Crippen molar-refractivity contribution in [1.82, 2.24) is 0 Å². The highest BCUT2D eigenvalue weighted by molar-refractivity contribution is 5.81. The van der Waals surface area contributed by atoms with Crippen LogP contribution >= 0.6 is 0 Å². The lowest BCUT2D eigenvalue weighted by atomic mass is 9.74. The zero-order valence-electron chi connectivity index (χ0n) is 11.9. The normalized spacial score (nSPS) is 25.7. The van der Waals surface area contributed by atoms with Crippen molar-refractivity contribution in [2.45, 2.75) is 44.1 Å². The van der Waals surface area contributed by atoms with Gasteiger partial charge in [-0.05, 0) is 49.3 Å². The Morgan fingerprint density at radius 1 is 1.45 bits per heavy atom. The van der Waals surface area contributed by atoms with E-state index in [1.165, 1.54) is 24.8 Å². The third kappa shape index (κ3) is 1.82. The molecule has 1 fully saturated rings. The average Bonchev–Trinajstić information content (AvgIpc) is 2.37. The Hall–Kier alpha value is -1.55. The van der Waals surface area contributed by atoms with Crippen LogP contribution in [0.2, 0.25) is 0 Å². The summed E-state index contributed by atoms with van der Waals surface area (Å²) in [5, 5.41) is 9.58. The lowest BCUT2D eigenvalue weighted by Crippen LogP contribution is -2.41. The molecule has 3 rings (SSSR count). The van der Waals surface area contributed by atoms with Gasteiger partial charge in [-0.3, -0.25) is 0 Å². The van der Waals surface area contributed by atoms with Gasteiger partial charge in [0.05, 0.1) is 13.7 Å². The van der Waals surface area contributed by atoms with Crippen LogP contribution in [0.3, 0.4) is 0 Å². The van der Waals surface area contributed by atoms with Crippen molar-refractivity contribution in [3.63, 3.8) is 0 Å². The first-order valence-electron chi connectivity index (χ1n) is 7.15. The third-order valence-corrected chi connectivity index (χ3v) is 4.70. The second kappa shape index (κ2) is 4.77. The molecule has 1 atom stereocenters. The first-order chi connectivity index (χ1) is 9.58. The molecule has 1 aliphatic carbocycles. The number of carbonyl (C=O) groups is 1. The number of carboxylic acid groups (broad SMARTS) is 1. The number of ether oxygens (including phenoxy) is 2. The molecule has 4 nitrogen and oxygen atoms in total. The second-order valence-electron chi connectivity index (χ2n) is 5.78. The number of methoxy groups -OCH3 is 1. The van der Waals surface area contributed by atoms with Crippen molar-refractivity contribution in [3.05, 3.63) is 28.8 Å². The zero-order valence-corrected chi connectivity index (χ0v) is 11.9. The molecule has 1 unspecified atom stereocenters.